The van der Waals surface area contributed by atoms with Crippen LogP contribution in [0.4, 0.5) is 5.69 Å². The SMILES string of the molecule is Cc1cccc2c1N(C(=O)CCCCCl)CCC2. The molecule has 1 heterocycles. The van der Waals surface area contributed by atoms with Gasteiger partial charge in [-0.15, -0.1) is 11.6 Å². The first kappa shape index (κ1) is 13.4. The van der Waals surface area contributed by atoms with Gasteiger partial charge in [-0.3, -0.25) is 4.79 Å². The molecule has 0 saturated carbocycles. The van der Waals surface area contributed by atoms with Crippen LogP contribution < -0.4 is 4.90 Å². The summed E-state index contributed by atoms with van der Waals surface area (Å²) in [6, 6.07) is 6.30. The maximum Gasteiger partial charge on any atom is 0.226 e. The number of carbonyl (C=O) groups is 1. The van der Waals surface area contributed by atoms with Crippen molar-refractivity contribution in [3.8, 4) is 0 Å². The van der Waals surface area contributed by atoms with Crippen LogP contribution in [0, 0.1) is 6.92 Å². The molecule has 0 unspecified atom stereocenters. The molecule has 0 bridgehead atoms. The standard InChI is InChI=1S/C15H20ClNO/c1-12-6-4-7-13-8-5-11-17(15(12)13)14(18)9-2-3-10-16/h4,6-7H,2-3,5,8-11H2,1H3. The van der Waals surface area contributed by atoms with Crippen molar-refractivity contribution in [2.75, 3.05) is 17.3 Å². The van der Waals surface area contributed by atoms with Crippen molar-refractivity contribution in [1.82, 2.24) is 0 Å². The van der Waals surface area contributed by atoms with Gasteiger partial charge in [-0.2, -0.15) is 0 Å². The number of halogens is 1. The minimum atomic E-state index is 0.246. The summed E-state index contributed by atoms with van der Waals surface area (Å²) in [5, 5.41) is 0. The first-order valence-electron chi connectivity index (χ1n) is 6.69. The number of nitrogens with zero attached hydrogens (tertiary/aromatic N) is 1. The molecule has 1 amide bonds. The third-order valence-corrected chi connectivity index (χ3v) is 3.76. The van der Waals surface area contributed by atoms with E-state index in [1.807, 2.05) is 4.90 Å². The second-order valence-corrected chi connectivity index (χ2v) is 5.26. The molecule has 0 atom stereocenters. The van der Waals surface area contributed by atoms with Crippen LogP contribution in [0.1, 0.15) is 36.8 Å². The van der Waals surface area contributed by atoms with E-state index < -0.39 is 0 Å². The molecule has 0 radical (unpaired) electrons. The summed E-state index contributed by atoms with van der Waals surface area (Å²) in [6.45, 7) is 2.95. The number of hydrogen-bond acceptors (Lipinski definition) is 1. The number of para-hydroxylation sites is 1. The number of benzene rings is 1. The molecular weight excluding hydrogens is 246 g/mol. The first-order chi connectivity index (χ1) is 8.74. The molecule has 98 valence electrons. The average Bonchev–Trinajstić information content (AvgIpc) is 2.38. The lowest BCUT2D eigenvalue weighted by Gasteiger charge is -2.31. The van der Waals surface area contributed by atoms with Crippen LogP contribution in [0.25, 0.3) is 0 Å². The third-order valence-electron chi connectivity index (χ3n) is 3.49. The highest BCUT2D eigenvalue weighted by atomic mass is 35.5. The van der Waals surface area contributed by atoms with Crippen LogP contribution in [0.15, 0.2) is 18.2 Å². The number of amides is 1. The Hall–Kier alpha value is -1.02. The fourth-order valence-electron chi connectivity index (χ4n) is 2.60. The van der Waals surface area contributed by atoms with Gasteiger partial charge in [0.05, 0.1) is 0 Å². The van der Waals surface area contributed by atoms with Crippen LogP contribution in [0.2, 0.25) is 0 Å². The minimum absolute atomic E-state index is 0.246. The lowest BCUT2D eigenvalue weighted by atomic mass is 9.98. The summed E-state index contributed by atoms with van der Waals surface area (Å²) in [6.07, 6.45) is 4.57. The Balaban J connectivity index is 2.14. The number of unbranched alkanes of at least 4 members (excludes halogenated alkanes) is 1. The van der Waals surface area contributed by atoms with Gasteiger partial charge in [-0.05, 0) is 43.7 Å². The Bertz CT molecular complexity index is 431. The first-order valence-corrected chi connectivity index (χ1v) is 7.22. The molecule has 2 nitrogen and oxygen atoms in total. The monoisotopic (exact) mass is 265 g/mol. The van der Waals surface area contributed by atoms with Crippen molar-refractivity contribution in [2.24, 2.45) is 0 Å². The van der Waals surface area contributed by atoms with Crippen LogP contribution >= 0.6 is 11.6 Å². The zero-order chi connectivity index (χ0) is 13.0. The number of carbonyl (C=O) groups excluding carboxylic acids is 1. The Morgan fingerprint density at radius 3 is 3.00 bits per heavy atom. The molecule has 0 aliphatic carbocycles. The second-order valence-electron chi connectivity index (χ2n) is 4.88. The number of anilines is 1. The smallest absolute Gasteiger partial charge is 0.226 e. The van der Waals surface area contributed by atoms with Gasteiger partial charge in [0.25, 0.3) is 0 Å². The number of fused-ring (bicyclic) bond motifs is 1. The van der Waals surface area contributed by atoms with Gasteiger partial charge in [-0.1, -0.05) is 18.2 Å². The Morgan fingerprint density at radius 1 is 1.39 bits per heavy atom. The van der Waals surface area contributed by atoms with E-state index in [9.17, 15) is 4.79 Å². The topological polar surface area (TPSA) is 20.3 Å². The zero-order valence-electron chi connectivity index (χ0n) is 10.9. The molecule has 2 rings (SSSR count). The number of hydrogen-bond donors (Lipinski definition) is 0. The van der Waals surface area contributed by atoms with Crippen LogP contribution in [-0.4, -0.2) is 18.3 Å². The van der Waals surface area contributed by atoms with Crippen molar-refractivity contribution in [1.29, 1.82) is 0 Å². The maximum absolute atomic E-state index is 12.3. The van der Waals surface area contributed by atoms with E-state index in [4.69, 9.17) is 11.6 Å². The average molecular weight is 266 g/mol. The lowest BCUT2D eigenvalue weighted by Crippen LogP contribution is -2.35. The molecule has 18 heavy (non-hydrogen) atoms. The molecule has 1 aromatic rings. The molecule has 0 saturated heterocycles. The van der Waals surface area contributed by atoms with Gasteiger partial charge in [0.1, 0.15) is 0 Å². The van der Waals surface area contributed by atoms with E-state index in [2.05, 4.69) is 25.1 Å². The predicted molar refractivity (Wildman–Crippen MR) is 76.4 cm³/mol. The summed E-state index contributed by atoms with van der Waals surface area (Å²) >= 11 is 5.65. The summed E-state index contributed by atoms with van der Waals surface area (Å²) in [7, 11) is 0. The van der Waals surface area contributed by atoms with Crippen LogP contribution in [-0.2, 0) is 11.2 Å². The molecule has 0 fully saturated rings. The fraction of sp³-hybridized carbons (Fsp3) is 0.533. The molecular formula is C15H20ClNO. The van der Waals surface area contributed by atoms with Gasteiger partial charge < -0.3 is 4.90 Å². The van der Waals surface area contributed by atoms with Gasteiger partial charge in [0.15, 0.2) is 0 Å². The predicted octanol–water partition coefficient (Wildman–Crippen LogP) is 3.68. The number of aryl methyl sites for hydroxylation is 2. The van der Waals surface area contributed by atoms with Crippen LogP contribution in [0.5, 0.6) is 0 Å². The molecule has 0 aromatic heterocycles. The van der Waals surface area contributed by atoms with E-state index in [1.54, 1.807) is 0 Å². The molecule has 0 N–H and O–H groups in total. The summed E-state index contributed by atoms with van der Waals surface area (Å²) in [5.41, 5.74) is 3.67. The third kappa shape index (κ3) is 2.86. The largest absolute Gasteiger partial charge is 0.312 e. The van der Waals surface area contributed by atoms with E-state index >= 15 is 0 Å². The Morgan fingerprint density at radius 2 is 2.22 bits per heavy atom. The second kappa shape index (κ2) is 6.24. The Kier molecular flexibility index (Phi) is 4.65. The van der Waals surface area contributed by atoms with Gasteiger partial charge >= 0.3 is 0 Å². The fourth-order valence-corrected chi connectivity index (χ4v) is 2.79. The molecule has 1 aliphatic rings. The van der Waals surface area contributed by atoms with Crippen molar-refractivity contribution in [3.05, 3.63) is 29.3 Å². The van der Waals surface area contributed by atoms with Crippen LogP contribution in [0.3, 0.4) is 0 Å². The quantitative estimate of drug-likeness (QED) is 0.601. The molecule has 1 aromatic carbocycles. The van der Waals surface area contributed by atoms with Gasteiger partial charge in [0.2, 0.25) is 5.91 Å². The highest BCUT2D eigenvalue weighted by molar-refractivity contribution is 6.17. The highest BCUT2D eigenvalue weighted by Crippen LogP contribution is 2.31. The van der Waals surface area contributed by atoms with E-state index in [0.29, 0.717) is 12.3 Å². The van der Waals surface area contributed by atoms with Gasteiger partial charge in [-0.25, -0.2) is 0 Å². The van der Waals surface area contributed by atoms with E-state index in [-0.39, 0.29) is 5.91 Å². The summed E-state index contributed by atoms with van der Waals surface area (Å²) in [4.78, 5) is 14.2. The van der Waals surface area contributed by atoms with Crippen molar-refractivity contribution < 1.29 is 4.79 Å². The zero-order valence-corrected chi connectivity index (χ0v) is 11.7. The van der Waals surface area contributed by atoms with Gasteiger partial charge in [0, 0.05) is 24.5 Å². The van der Waals surface area contributed by atoms with E-state index in [0.717, 1.165) is 37.9 Å². The van der Waals surface area contributed by atoms with Crippen molar-refractivity contribution in [3.63, 3.8) is 0 Å². The molecule has 0 spiro atoms. The molecule has 1 aliphatic heterocycles. The minimum Gasteiger partial charge on any atom is -0.312 e. The number of rotatable bonds is 4. The highest BCUT2D eigenvalue weighted by Gasteiger charge is 2.23. The summed E-state index contributed by atoms with van der Waals surface area (Å²) in [5.74, 6) is 0.887. The molecule has 3 heteroatoms. The van der Waals surface area contributed by atoms with E-state index in [1.165, 1.54) is 11.1 Å². The van der Waals surface area contributed by atoms with Crippen molar-refractivity contribution >= 4 is 23.2 Å². The summed E-state index contributed by atoms with van der Waals surface area (Å²) < 4.78 is 0. The maximum atomic E-state index is 12.3. The van der Waals surface area contributed by atoms with Crippen molar-refractivity contribution in [2.45, 2.75) is 39.0 Å². The Labute approximate surface area is 114 Å². The lowest BCUT2D eigenvalue weighted by molar-refractivity contribution is -0.118. The number of alkyl halides is 1. The normalized spacial score (nSPS) is 14.4.